The lowest BCUT2D eigenvalue weighted by Gasteiger charge is -2.16. The molecular weight excluding hydrogens is 272 g/mol. The summed E-state index contributed by atoms with van der Waals surface area (Å²) in [7, 11) is 0. The quantitative estimate of drug-likeness (QED) is 0.761. The third-order valence-electron chi connectivity index (χ3n) is 3.19. The van der Waals surface area contributed by atoms with Crippen LogP contribution in [-0.4, -0.2) is 26.7 Å². The molecule has 0 amide bonds. The number of hydrogen-bond donors (Lipinski definition) is 1. The van der Waals surface area contributed by atoms with Crippen molar-refractivity contribution in [2.24, 2.45) is 0 Å². The Morgan fingerprint density at radius 1 is 1.30 bits per heavy atom. The fraction of sp³-hybridized carbons (Fsp3) is 0.467. The highest BCUT2D eigenvalue weighted by molar-refractivity contribution is 6.18. The van der Waals surface area contributed by atoms with E-state index in [4.69, 9.17) is 11.6 Å². The fourth-order valence-corrected chi connectivity index (χ4v) is 2.36. The number of halogens is 1. The minimum atomic E-state index is 0.242. The third kappa shape index (κ3) is 4.32. The second kappa shape index (κ2) is 8.02. The number of alkyl halides is 1. The van der Waals surface area contributed by atoms with Crippen molar-refractivity contribution in [2.75, 3.05) is 5.88 Å². The van der Waals surface area contributed by atoms with Crippen LogP contribution in [0.15, 0.2) is 36.7 Å². The van der Waals surface area contributed by atoms with Crippen molar-refractivity contribution in [1.29, 1.82) is 0 Å². The van der Waals surface area contributed by atoms with E-state index in [1.165, 1.54) is 5.56 Å². The molecule has 20 heavy (non-hydrogen) atoms. The molecule has 0 saturated carbocycles. The molecule has 1 N–H and O–H groups in total. The van der Waals surface area contributed by atoms with Crippen LogP contribution in [0, 0.1) is 0 Å². The first-order chi connectivity index (χ1) is 9.83. The lowest BCUT2D eigenvalue weighted by atomic mass is 10.1. The topological polar surface area (TPSA) is 42.7 Å². The normalized spacial score (nSPS) is 12.5. The third-order valence-corrected chi connectivity index (χ3v) is 3.56. The Hall–Kier alpha value is -1.39. The molecule has 1 atom stereocenters. The molecule has 2 rings (SSSR count). The van der Waals surface area contributed by atoms with Crippen molar-refractivity contribution < 1.29 is 0 Å². The Balaban J connectivity index is 1.89. The highest BCUT2D eigenvalue weighted by Crippen LogP contribution is 2.05. The van der Waals surface area contributed by atoms with Gasteiger partial charge in [0.15, 0.2) is 0 Å². The molecule has 0 radical (unpaired) electrons. The molecule has 0 bridgehead atoms. The standard InChI is InChI=1S/C15H21ClN4/c1-2-8-20-15(18-12-19-20)11-17-14(10-16)9-13-6-4-3-5-7-13/h3-7,12,14,17H,2,8-11H2,1H3. The number of aromatic nitrogens is 3. The van der Waals surface area contributed by atoms with Gasteiger partial charge in [0.25, 0.3) is 0 Å². The summed E-state index contributed by atoms with van der Waals surface area (Å²) in [6.07, 6.45) is 3.59. The van der Waals surface area contributed by atoms with Gasteiger partial charge in [-0.3, -0.25) is 0 Å². The largest absolute Gasteiger partial charge is 0.306 e. The van der Waals surface area contributed by atoms with Gasteiger partial charge in [0.2, 0.25) is 0 Å². The van der Waals surface area contributed by atoms with Gasteiger partial charge in [0, 0.05) is 18.5 Å². The van der Waals surface area contributed by atoms with E-state index in [2.05, 4.69) is 46.6 Å². The first kappa shape index (κ1) is 15.0. The van der Waals surface area contributed by atoms with Crippen molar-refractivity contribution in [1.82, 2.24) is 20.1 Å². The number of hydrogen-bond acceptors (Lipinski definition) is 3. The molecule has 0 fully saturated rings. The van der Waals surface area contributed by atoms with Crippen molar-refractivity contribution in [3.63, 3.8) is 0 Å². The highest BCUT2D eigenvalue weighted by atomic mass is 35.5. The van der Waals surface area contributed by atoms with Gasteiger partial charge in [0.1, 0.15) is 12.2 Å². The van der Waals surface area contributed by atoms with Gasteiger partial charge in [-0.2, -0.15) is 5.10 Å². The van der Waals surface area contributed by atoms with Gasteiger partial charge >= 0.3 is 0 Å². The Kier molecular flexibility index (Phi) is 6.02. The van der Waals surface area contributed by atoms with Crippen molar-refractivity contribution in [3.8, 4) is 0 Å². The summed E-state index contributed by atoms with van der Waals surface area (Å²) in [6, 6.07) is 10.6. The van der Waals surface area contributed by atoms with Gasteiger partial charge < -0.3 is 5.32 Å². The summed E-state index contributed by atoms with van der Waals surface area (Å²) in [6.45, 7) is 3.74. The monoisotopic (exact) mass is 292 g/mol. The maximum absolute atomic E-state index is 6.05. The molecule has 0 aliphatic rings. The lowest BCUT2D eigenvalue weighted by Crippen LogP contribution is -2.33. The van der Waals surface area contributed by atoms with Crippen molar-refractivity contribution in [2.45, 2.75) is 38.9 Å². The Morgan fingerprint density at radius 2 is 2.10 bits per heavy atom. The predicted molar refractivity (Wildman–Crippen MR) is 81.8 cm³/mol. The smallest absolute Gasteiger partial charge is 0.140 e. The fourth-order valence-electron chi connectivity index (χ4n) is 2.14. The Bertz CT molecular complexity index is 498. The van der Waals surface area contributed by atoms with E-state index in [0.29, 0.717) is 12.4 Å². The summed E-state index contributed by atoms with van der Waals surface area (Å²) in [4.78, 5) is 4.29. The van der Waals surface area contributed by atoms with Gasteiger partial charge in [-0.25, -0.2) is 9.67 Å². The van der Waals surface area contributed by atoms with Gasteiger partial charge in [-0.15, -0.1) is 11.6 Å². The molecule has 4 nitrogen and oxygen atoms in total. The van der Waals surface area contributed by atoms with Crippen LogP contribution in [-0.2, 0) is 19.5 Å². The zero-order valence-corrected chi connectivity index (χ0v) is 12.6. The van der Waals surface area contributed by atoms with Gasteiger partial charge in [-0.1, -0.05) is 37.3 Å². The molecule has 1 aromatic heterocycles. The average molecular weight is 293 g/mol. The minimum absolute atomic E-state index is 0.242. The van der Waals surface area contributed by atoms with Crippen LogP contribution in [0.2, 0.25) is 0 Å². The summed E-state index contributed by atoms with van der Waals surface area (Å²) >= 11 is 6.05. The SMILES string of the molecule is CCCn1ncnc1CNC(CCl)Cc1ccccc1. The van der Waals surface area contributed by atoms with E-state index in [9.17, 15) is 0 Å². The molecule has 1 heterocycles. The maximum Gasteiger partial charge on any atom is 0.140 e. The Morgan fingerprint density at radius 3 is 2.80 bits per heavy atom. The molecule has 1 aromatic carbocycles. The van der Waals surface area contributed by atoms with Crippen LogP contribution >= 0.6 is 11.6 Å². The average Bonchev–Trinajstić information content (AvgIpc) is 2.92. The summed E-state index contributed by atoms with van der Waals surface area (Å²) in [5.74, 6) is 1.55. The van der Waals surface area contributed by atoms with E-state index < -0.39 is 0 Å². The van der Waals surface area contributed by atoms with E-state index in [1.54, 1.807) is 6.33 Å². The molecule has 0 saturated heterocycles. The molecule has 108 valence electrons. The Labute approximate surface area is 125 Å². The van der Waals surface area contributed by atoms with Gasteiger partial charge in [0.05, 0.1) is 6.54 Å². The number of nitrogens with zero attached hydrogens (tertiary/aromatic N) is 3. The zero-order valence-electron chi connectivity index (χ0n) is 11.8. The molecule has 0 spiro atoms. The van der Waals surface area contributed by atoms with Crippen LogP contribution in [0.4, 0.5) is 0 Å². The molecule has 0 aliphatic carbocycles. The van der Waals surface area contributed by atoms with Gasteiger partial charge in [-0.05, 0) is 18.4 Å². The number of benzene rings is 1. The molecule has 1 unspecified atom stereocenters. The van der Waals surface area contributed by atoms with Crippen molar-refractivity contribution >= 4 is 11.6 Å². The molecule has 2 aromatic rings. The van der Waals surface area contributed by atoms with Crippen LogP contribution < -0.4 is 5.32 Å². The second-order valence-electron chi connectivity index (χ2n) is 4.82. The van der Waals surface area contributed by atoms with Crippen LogP contribution in [0.5, 0.6) is 0 Å². The first-order valence-corrected chi connectivity index (χ1v) is 7.57. The lowest BCUT2D eigenvalue weighted by molar-refractivity contribution is 0.499. The first-order valence-electron chi connectivity index (χ1n) is 7.03. The molecular formula is C15H21ClN4. The molecule has 0 aliphatic heterocycles. The number of nitrogens with one attached hydrogen (secondary N) is 1. The van der Waals surface area contributed by atoms with E-state index in [0.717, 1.165) is 25.2 Å². The van der Waals surface area contributed by atoms with Crippen LogP contribution in [0.25, 0.3) is 0 Å². The van der Waals surface area contributed by atoms with E-state index in [-0.39, 0.29) is 6.04 Å². The van der Waals surface area contributed by atoms with Crippen molar-refractivity contribution in [3.05, 3.63) is 48.0 Å². The summed E-state index contributed by atoms with van der Waals surface area (Å²) < 4.78 is 1.95. The highest BCUT2D eigenvalue weighted by Gasteiger charge is 2.10. The number of aryl methyl sites for hydroxylation is 1. The predicted octanol–water partition coefficient (Wildman–Crippen LogP) is 2.63. The van der Waals surface area contributed by atoms with Crippen LogP contribution in [0.3, 0.4) is 0 Å². The van der Waals surface area contributed by atoms with E-state index in [1.807, 2.05) is 10.7 Å². The number of rotatable bonds is 8. The maximum atomic E-state index is 6.05. The summed E-state index contributed by atoms with van der Waals surface area (Å²) in [5, 5.41) is 7.69. The zero-order chi connectivity index (χ0) is 14.2. The minimum Gasteiger partial charge on any atom is -0.306 e. The summed E-state index contributed by atoms with van der Waals surface area (Å²) in [5.41, 5.74) is 1.29. The van der Waals surface area contributed by atoms with Crippen LogP contribution in [0.1, 0.15) is 24.7 Å². The van der Waals surface area contributed by atoms with E-state index >= 15 is 0 Å². The molecule has 5 heteroatoms. The second-order valence-corrected chi connectivity index (χ2v) is 5.13.